The van der Waals surface area contributed by atoms with Gasteiger partial charge in [0.15, 0.2) is 6.61 Å². The average Bonchev–Trinajstić information content (AvgIpc) is 2.74. The highest BCUT2D eigenvalue weighted by molar-refractivity contribution is 9.13. The molecule has 0 aliphatic carbocycles. The van der Waals surface area contributed by atoms with Crippen LogP contribution in [0.5, 0.6) is 5.75 Å². The van der Waals surface area contributed by atoms with Crippen molar-refractivity contribution in [2.24, 2.45) is 0 Å². The van der Waals surface area contributed by atoms with Crippen molar-refractivity contribution in [3.8, 4) is 11.8 Å². The van der Waals surface area contributed by atoms with E-state index >= 15 is 0 Å². The zero-order valence-electron chi connectivity index (χ0n) is 9.82. The standard InChI is InChI=1S/C13H10Br2N2OS/c14-12-7-11(19-13(12)15)8-17-9-2-1-3-10(6-9)18-5-4-16/h1-3,6-7,17H,5,8H2. The van der Waals surface area contributed by atoms with Crippen LogP contribution in [-0.2, 0) is 6.54 Å². The van der Waals surface area contributed by atoms with Crippen molar-refractivity contribution in [3.05, 3.63) is 43.5 Å². The van der Waals surface area contributed by atoms with Gasteiger partial charge in [-0.05, 0) is 50.1 Å². The average molecular weight is 402 g/mol. The topological polar surface area (TPSA) is 45.0 Å². The first kappa shape index (κ1) is 14.4. The molecule has 0 saturated carbocycles. The van der Waals surface area contributed by atoms with Crippen molar-refractivity contribution < 1.29 is 4.74 Å². The second-order valence-electron chi connectivity index (χ2n) is 3.66. The van der Waals surface area contributed by atoms with Crippen LogP contribution in [0.3, 0.4) is 0 Å². The second-order valence-corrected chi connectivity index (χ2v) is 6.97. The smallest absolute Gasteiger partial charge is 0.174 e. The highest BCUT2D eigenvalue weighted by atomic mass is 79.9. The van der Waals surface area contributed by atoms with E-state index in [1.54, 1.807) is 11.3 Å². The summed E-state index contributed by atoms with van der Waals surface area (Å²) in [7, 11) is 0. The molecule has 2 aromatic rings. The highest BCUT2D eigenvalue weighted by Crippen LogP contribution is 2.32. The van der Waals surface area contributed by atoms with Crippen molar-refractivity contribution in [2.75, 3.05) is 11.9 Å². The molecule has 3 nitrogen and oxygen atoms in total. The minimum atomic E-state index is 0.0638. The summed E-state index contributed by atoms with van der Waals surface area (Å²) in [5, 5.41) is 11.8. The Morgan fingerprint density at radius 2 is 2.16 bits per heavy atom. The fourth-order valence-corrected chi connectivity index (χ4v) is 3.60. The number of halogens is 2. The third-order valence-electron chi connectivity index (χ3n) is 2.30. The summed E-state index contributed by atoms with van der Waals surface area (Å²) < 4.78 is 7.42. The molecule has 0 atom stereocenters. The van der Waals surface area contributed by atoms with Gasteiger partial charge in [-0.3, -0.25) is 0 Å². The molecule has 0 aliphatic heterocycles. The first-order chi connectivity index (χ1) is 9.19. The largest absolute Gasteiger partial charge is 0.479 e. The van der Waals surface area contributed by atoms with Gasteiger partial charge in [0.05, 0.1) is 3.79 Å². The minimum absolute atomic E-state index is 0.0638. The molecule has 1 aromatic carbocycles. The number of ether oxygens (including phenoxy) is 1. The van der Waals surface area contributed by atoms with Gasteiger partial charge in [-0.25, -0.2) is 0 Å². The molecule has 0 radical (unpaired) electrons. The van der Waals surface area contributed by atoms with Crippen molar-refractivity contribution in [3.63, 3.8) is 0 Å². The van der Waals surface area contributed by atoms with Gasteiger partial charge in [0.25, 0.3) is 0 Å². The summed E-state index contributed by atoms with van der Waals surface area (Å²) in [6, 6.07) is 11.6. The van der Waals surface area contributed by atoms with Gasteiger partial charge < -0.3 is 10.1 Å². The zero-order chi connectivity index (χ0) is 13.7. The maximum atomic E-state index is 8.48. The van der Waals surface area contributed by atoms with E-state index in [1.165, 1.54) is 4.88 Å². The van der Waals surface area contributed by atoms with Crippen molar-refractivity contribution in [1.82, 2.24) is 0 Å². The molecular formula is C13H10Br2N2OS. The maximum absolute atomic E-state index is 8.48. The molecule has 0 bridgehead atoms. The molecule has 2 rings (SSSR count). The molecule has 6 heteroatoms. The molecule has 0 fully saturated rings. The lowest BCUT2D eigenvalue weighted by molar-refractivity contribution is 0.368. The number of hydrogen-bond acceptors (Lipinski definition) is 4. The second kappa shape index (κ2) is 6.94. The lowest BCUT2D eigenvalue weighted by Crippen LogP contribution is -1.98. The Morgan fingerprint density at radius 3 is 2.84 bits per heavy atom. The first-order valence-corrected chi connectivity index (χ1v) is 7.86. The lowest BCUT2D eigenvalue weighted by atomic mass is 10.3. The molecular weight excluding hydrogens is 392 g/mol. The Morgan fingerprint density at radius 1 is 1.32 bits per heavy atom. The highest BCUT2D eigenvalue weighted by Gasteiger charge is 2.04. The maximum Gasteiger partial charge on any atom is 0.174 e. The molecule has 0 saturated heterocycles. The summed E-state index contributed by atoms with van der Waals surface area (Å²) in [5.74, 6) is 0.695. The van der Waals surface area contributed by atoms with Gasteiger partial charge in [0.1, 0.15) is 11.8 Å². The number of rotatable bonds is 5. The summed E-state index contributed by atoms with van der Waals surface area (Å²) in [6.45, 7) is 0.810. The molecule has 98 valence electrons. The van der Waals surface area contributed by atoms with Gasteiger partial charge in [-0.1, -0.05) is 6.07 Å². The van der Waals surface area contributed by atoms with Crippen LogP contribution in [0.4, 0.5) is 5.69 Å². The van der Waals surface area contributed by atoms with Crippen molar-refractivity contribution in [2.45, 2.75) is 6.54 Å². The summed E-state index contributed by atoms with van der Waals surface area (Å²) >= 11 is 8.63. The number of anilines is 1. The molecule has 1 heterocycles. The summed E-state index contributed by atoms with van der Waals surface area (Å²) in [5.41, 5.74) is 0.969. The Bertz CT molecular complexity index is 587. The van der Waals surface area contributed by atoms with E-state index < -0.39 is 0 Å². The fourth-order valence-electron chi connectivity index (χ4n) is 1.48. The number of thiophene rings is 1. The van der Waals surface area contributed by atoms with E-state index in [-0.39, 0.29) is 6.61 Å². The molecule has 1 aromatic heterocycles. The van der Waals surface area contributed by atoms with E-state index in [0.717, 1.165) is 20.5 Å². The van der Waals surface area contributed by atoms with Crippen molar-refractivity contribution >= 4 is 48.9 Å². The SMILES string of the molecule is N#CCOc1cccc(NCc2cc(Br)c(Br)s2)c1. The van der Waals surface area contributed by atoms with Gasteiger partial charge in [-0.15, -0.1) is 11.3 Å². The van der Waals surface area contributed by atoms with E-state index in [2.05, 4.69) is 43.2 Å². The zero-order valence-corrected chi connectivity index (χ0v) is 13.8. The Labute approximate surface area is 132 Å². The van der Waals surface area contributed by atoms with Gasteiger partial charge in [0.2, 0.25) is 0 Å². The van der Waals surface area contributed by atoms with Crippen LogP contribution in [0, 0.1) is 11.3 Å². The lowest BCUT2D eigenvalue weighted by Gasteiger charge is -2.07. The van der Waals surface area contributed by atoms with Crippen LogP contribution in [0.15, 0.2) is 38.6 Å². The molecule has 19 heavy (non-hydrogen) atoms. The van der Waals surface area contributed by atoms with Crippen LogP contribution >= 0.6 is 43.2 Å². The summed E-state index contributed by atoms with van der Waals surface area (Å²) in [4.78, 5) is 1.22. The van der Waals surface area contributed by atoms with E-state index in [1.807, 2.05) is 30.3 Å². The fraction of sp³-hybridized carbons (Fsp3) is 0.154. The minimum Gasteiger partial charge on any atom is -0.479 e. The monoisotopic (exact) mass is 400 g/mol. The number of nitriles is 1. The molecule has 0 aliphatic rings. The van der Waals surface area contributed by atoms with Crippen molar-refractivity contribution in [1.29, 1.82) is 5.26 Å². The third kappa shape index (κ3) is 4.23. The molecule has 0 amide bonds. The van der Waals surface area contributed by atoms with Crippen LogP contribution in [0.25, 0.3) is 0 Å². The summed E-state index contributed by atoms with van der Waals surface area (Å²) in [6.07, 6.45) is 0. The predicted molar refractivity (Wildman–Crippen MR) is 84.6 cm³/mol. The first-order valence-electron chi connectivity index (χ1n) is 5.46. The number of benzene rings is 1. The van der Waals surface area contributed by atoms with E-state index in [4.69, 9.17) is 10.00 Å². The Kier molecular flexibility index (Phi) is 5.25. The third-order valence-corrected chi connectivity index (χ3v) is 5.56. The molecule has 0 spiro atoms. The van der Waals surface area contributed by atoms with Crippen LogP contribution in [0.1, 0.15) is 4.88 Å². The van der Waals surface area contributed by atoms with E-state index in [9.17, 15) is 0 Å². The predicted octanol–water partition coefficient (Wildman–Crippen LogP) is 4.79. The number of nitrogens with one attached hydrogen (secondary N) is 1. The molecule has 0 unspecified atom stereocenters. The van der Waals surface area contributed by atoms with Gasteiger partial charge >= 0.3 is 0 Å². The van der Waals surface area contributed by atoms with E-state index in [0.29, 0.717) is 5.75 Å². The Balaban J connectivity index is 1.97. The number of hydrogen-bond donors (Lipinski definition) is 1. The van der Waals surface area contributed by atoms with Gasteiger partial charge in [0, 0.05) is 27.6 Å². The van der Waals surface area contributed by atoms with Crippen LogP contribution < -0.4 is 10.1 Å². The number of nitrogens with zero attached hydrogens (tertiary/aromatic N) is 1. The van der Waals surface area contributed by atoms with Gasteiger partial charge in [-0.2, -0.15) is 5.26 Å². The van der Waals surface area contributed by atoms with Crippen LogP contribution in [0.2, 0.25) is 0 Å². The Hall–Kier alpha value is -1.03. The van der Waals surface area contributed by atoms with Crippen LogP contribution in [-0.4, -0.2) is 6.61 Å². The normalized spacial score (nSPS) is 9.95. The quantitative estimate of drug-likeness (QED) is 0.783. The molecule has 1 N–H and O–H groups in total.